The van der Waals surface area contributed by atoms with E-state index >= 15 is 0 Å². The molecule has 1 saturated heterocycles. The molecule has 0 spiro atoms. The molecule has 34 heavy (non-hydrogen) atoms. The average molecular weight is 480 g/mol. The van der Waals surface area contributed by atoms with Crippen molar-refractivity contribution in [3.05, 3.63) is 71.3 Å². The molecular weight excluding hydrogens is 446 g/mol. The summed E-state index contributed by atoms with van der Waals surface area (Å²) in [6.45, 7) is 8.61. The number of aromatic nitrogens is 3. The number of carbonyl (C=O) groups excluding carboxylic acids is 1. The van der Waals surface area contributed by atoms with E-state index in [1.165, 1.54) is 28.5 Å². The molecule has 0 saturated carbocycles. The lowest BCUT2D eigenvalue weighted by Crippen LogP contribution is -2.38. The number of thioether (sulfide) groups is 1. The third-order valence-corrected chi connectivity index (χ3v) is 6.86. The molecule has 2 aromatic carbocycles. The Hall–Kier alpha value is -2.84. The van der Waals surface area contributed by atoms with Crippen LogP contribution in [0.2, 0.25) is 0 Å². The highest BCUT2D eigenvalue weighted by molar-refractivity contribution is 7.99. The fourth-order valence-corrected chi connectivity index (χ4v) is 4.65. The smallest absolute Gasteiger partial charge is 0.230 e. The minimum absolute atomic E-state index is 0.00554. The number of hydrogen-bond acceptors (Lipinski definition) is 6. The molecule has 7 nitrogen and oxygen atoms in total. The SMILES string of the molecule is CC(C)c1ccc(CCNC(=O)CSc2nnc(N3CCOCC3)n2Cc2ccccc2)cc1. The van der Waals surface area contributed by atoms with Gasteiger partial charge in [0.1, 0.15) is 0 Å². The van der Waals surface area contributed by atoms with Crippen LogP contribution in [0.15, 0.2) is 59.8 Å². The molecule has 8 heteroatoms. The summed E-state index contributed by atoms with van der Waals surface area (Å²) in [6, 6.07) is 18.9. The van der Waals surface area contributed by atoms with E-state index in [1.807, 2.05) is 18.2 Å². The first-order valence-electron chi connectivity index (χ1n) is 11.9. The van der Waals surface area contributed by atoms with E-state index in [9.17, 15) is 4.79 Å². The quantitative estimate of drug-likeness (QED) is 0.447. The first-order valence-corrected chi connectivity index (χ1v) is 12.9. The number of morpholine rings is 1. The molecule has 0 radical (unpaired) electrons. The van der Waals surface area contributed by atoms with Crippen molar-refractivity contribution in [3.63, 3.8) is 0 Å². The van der Waals surface area contributed by atoms with Crippen LogP contribution >= 0.6 is 11.8 Å². The van der Waals surface area contributed by atoms with Crippen molar-refractivity contribution in [2.45, 2.75) is 37.9 Å². The van der Waals surface area contributed by atoms with Gasteiger partial charge in [0.05, 0.1) is 25.5 Å². The van der Waals surface area contributed by atoms with E-state index in [0.717, 1.165) is 30.6 Å². The summed E-state index contributed by atoms with van der Waals surface area (Å²) >= 11 is 1.43. The zero-order valence-corrected chi connectivity index (χ0v) is 20.8. The molecule has 180 valence electrons. The predicted octanol–water partition coefficient (Wildman–Crippen LogP) is 3.74. The Balaban J connectivity index is 1.34. The molecule has 1 aliphatic heterocycles. The van der Waals surface area contributed by atoms with E-state index in [2.05, 4.69) is 75.2 Å². The maximum Gasteiger partial charge on any atom is 0.230 e. The van der Waals surface area contributed by atoms with E-state index < -0.39 is 0 Å². The molecule has 3 aromatic rings. The molecule has 1 aromatic heterocycles. The van der Waals surface area contributed by atoms with Gasteiger partial charge in [-0.3, -0.25) is 9.36 Å². The summed E-state index contributed by atoms with van der Waals surface area (Å²) in [6.07, 6.45) is 0.820. The second-order valence-corrected chi connectivity index (χ2v) is 9.68. The molecule has 1 fully saturated rings. The third-order valence-electron chi connectivity index (χ3n) is 5.89. The zero-order valence-electron chi connectivity index (χ0n) is 19.9. The van der Waals surface area contributed by atoms with Gasteiger partial charge in [-0.15, -0.1) is 10.2 Å². The normalized spacial score (nSPS) is 13.9. The van der Waals surface area contributed by atoms with Crippen molar-refractivity contribution in [3.8, 4) is 0 Å². The summed E-state index contributed by atoms with van der Waals surface area (Å²) in [5.74, 6) is 1.67. The Morgan fingerprint density at radius 2 is 1.76 bits per heavy atom. The highest BCUT2D eigenvalue weighted by atomic mass is 32.2. The van der Waals surface area contributed by atoms with Crippen molar-refractivity contribution >= 4 is 23.6 Å². The van der Waals surface area contributed by atoms with Crippen molar-refractivity contribution in [2.24, 2.45) is 0 Å². The van der Waals surface area contributed by atoms with Crippen molar-refractivity contribution in [1.82, 2.24) is 20.1 Å². The number of ether oxygens (including phenoxy) is 1. The van der Waals surface area contributed by atoms with Crippen LogP contribution < -0.4 is 10.2 Å². The van der Waals surface area contributed by atoms with Crippen LogP contribution in [0.4, 0.5) is 5.95 Å². The number of carbonyl (C=O) groups is 1. The van der Waals surface area contributed by atoms with Crippen LogP contribution in [0.1, 0.15) is 36.5 Å². The monoisotopic (exact) mass is 479 g/mol. The van der Waals surface area contributed by atoms with Gasteiger partial charge in [-0.2, -0.15) is 0 Å². The van der Waals surface area contributed by atoms with Crippen molar-refractivity contribution < 1.29 is 9.53 Å². The molecule has 0 unspecified atom stereocenters. The van der Waals surface area contributed by atoms with Crippen LogP contribution in [-0.2, 0) is 22.5 Å². The fraction of sp³-hybridized carbons (Fsp3) is 0.423. The van der Waals surface area contributed by atoms with Crippen LogP contribution in [0.5, 0.6) is 0 Å². The van der Waals surface area contributed by atoms with Gasteiger partial charge in [0.25, 0.3) is 0 Å². The lowest BCUT2D eigenvalue weighted by molar-refractivity contribution is -0.118. The number of amides is 1. The number of rotatable bonds is 10. The average Bonchev–Trinajstić information content (AvgIpc) is 3.26. The Kier molecular flexibility index (Phi) is 8.60. The van der Waals surface area contributed by atoms with Crippen LogP contribution in [0.25, 0.3) is 0 Å². The molecule has 1 amide bonds. The minimum atomic E-state index is 0.00554. The third kappa shape index (κ3) is 6.61. The Morgan fingerprint density at radius 3 is 2.47 bits per heavy atom. The zero-order chi connectivity index (χ0) is 23.8. The largest absolute Gasteiger partial charge is 0.378 e. The maximum absolute atomic E-state index is 12.5. The highest BCUT2D eigenvalue weighted by Crippen LogP contribution is 2.24. The fourth-order valence-electron chi connectivity index (χ4n) is 3.89. The summed E-state index contributed by atoms with van der Waals surface area (Å²) < 4.78 is 7.60. The summed E-state index contributed by atoms with van der Waals surface area (Å²) in [7, 11) is 0. The van der Waals surface area contributed by atoms with Gasteiger partial charge < -0.3 is 15.0 Å². The highest BCUT2D eigenvalue weighted by Gasteiger charge is 2.21. The maximum atomic E-state index is 12.5. The van der Waals surface area contributed by atoms with E-state index in [-0.39, 0.29) is 5.91 Å². The molecular formula is C26H33N5O2S. The van der Waals surface area contributed by atoms with E-state index in [1.54, 1.807) is 0 Å². The second kappa shape index (κ2) is 12.0. The Labute approximate surface area is 205 Å². The van der Waals surface area contributed by atoms with Gasteiger partial charge in [0.15, 0.2) is 5.16 Å². The summed E-state index contributed by atoms with van der Waals surface area (Å²) in [4.78, 5) is 14.7. The molecule has 1 N–H and O–H groups in total. The van der Waals surface area contributed by atoms with Gasteiger partial charge in [-0.05, 0) is 29.0 Å². The first kappa shape index (κ1) is 24.3. The predicted molar refractivity (Wildman–Crippen MR) is 137 cm³/mol. The number of nitrogens with zero attached hydrogens (tertiary/aromatic N) is 4. The van der Waals surface area contributed by atoms with Crippen LogP contribution in [-0.4, -0.2) is 59.3 Å². The molecule has 1 aliphatic rings. The molecule has 4 rings (SSSR count). The molecule has 0 aliphatic carbocycles. The number of nitrogens with one attached hydrogen (secondary N) is 1. The van der Waals surface area contributed by atoms with E-state index in [0.29, 0.717) is 38.0 Å². The van der Waals surface area contributed by atoms with Gasteiger partial charge >= 0.3 is 0 Å². The second-order valence-electron chi connectivity index (χ2n) is 8.74. The number of hydrogen-bond donors (Lipinski definition) is 1. The lowest BCUT2D eigenvalue weighted by atomic mass is 10.0. The van der Waals surface area contributed by atoms with Gasteiger partial charge in [0, 0.05) is 19.6 Å². The molecule has 0 atom stereocenters. The number of benzene rings is 2. The Bertz CT molecular complexity index is 1050. The van der Waals surface area contributed by atoms with Crippen molar-refractivity contribution in [2.75, 3.05) is 43.5 Å². The van der Waals surface area contributed by atoms with Crippen LogP contribution in [0.3, 0.4) is 0 Å². The van der Waals surface area contributed by atoms with Crippen LogP contribution in [0, 0.1) is 0 Å². The standard InChI is InChI=1S/C26H33N5O2S/c1-20(2)23-10-8-21(9-11-23)12-13-27-24(32)19-34-26-29-28-25(30-14-16-33-17-15-30)31(26)18-22-6-4-3-5-7-22/h3-11,20H,12-19H2,1-2H3,(H,27,32). The van der Waals surface area contributed by atoms with Gasteiger partial charge in [-0.1, -0.05) is 80.2 Å². The lowest BCUT2D eigenvalue weighted by Gasteiger charge is -2.28. The van der Waals surface area contributed by atoms with Gasteiger partial charge in [-0.25, -0.2) is 0 Å². The summed E-state index contributed by atoms with van der Waals surface area (Å²) in [5, 5.41) is 12.7. The number of anilines is 1. The van der Waals surface area contributed by atoms with Gasteiger partial charge in [0.2, 0.25) is 11.9 Å². The topological polar surface area (TPSA) is 72.3 Å². The Morgan fingerprint density at radius 1 is 1.03 bits per heavy atom. The molecule has 2 heterocycles. The molecule has 0 bridgehead atoms. The summed E-state index contributed by atoms with van der Waals surface area (Å²) in [5.41, 5.74) is 3.74. The first-order chi connectivity index (χ1) is 16.6. The van der Waals surface area contributed by atoms with Crippen molar-refractivity contribution in [1.29, 1.82) is 0 Å². The minimum Gasteiger partial charge on any atom is -0.378 e. The van der Waals surface area contributed by atoms with E-state index in [4.69, 9.17) is 4.74 Å².